The van der Waals surface area contributed by atoms with Crippen molar-refractivity contribution in [1.82, 2.24) is 4.57 Å². The number of fused-ring (bicyclic) bond motifs is 1. The smallest absolute Gasteiger partial charge is 0.338 e. The van der Waals surface area contributed by atoms with Crippen LogP contribution in [0.1, 0.15) is 37.9 Å². The molecule has 0 saturated heterocycles. The maximum absolute atomic E-state index is 13.7. The Morgan fingerprint density at radius 1 is 1.14 bits per heavy atom. The van der Waals surface area contributed by atoms with Gasteiger partial charge in [0.25, 0.3) is 5.56 Å². The number of carbonyl (C=O) groups is 1. The summed E-state index contributed by atoms with van der Waals surface area (Å²) in [6.45, 7) is 6.23. The number of esters is 1. The molecular formula is C28H26N2O5S. The Bertz CT molecular complexity index is 1520. The first-order valence-electron chi connectivity index (χ1n) is 11.6. The Morgan fingerprint density at radius 3 is 2.58 bits per heavy atom. The molecule has 0 amide bonds. The lowest BCUT2D eigenvalue weighted by Gasteiger charge is -2.26. The highest BCUT2D eigenvalue weighted by atomic mass is 32.1. The van der Waals surface area contributed by atoms with E-state index >= 15 is 0 Å². The van der Waals surface area contributed by atoms with Crippen LogP contribution in [0.4, 0.5) is 0 Å². The molecular weight excluding hydrogens is 476 g/mol. The third-order valence-corrected chi connectivity index (χ3v) is 6.51. The zero-order valence-electron chi connectivity index (χ0n) is 20.3. The summed E-state index contributed by atoms with van der Waals surface area (Å²) in [5, 5.41) is 0. The van der Waals surface area contributed by atoms with E-state index in [2.05, 4.69) is 10.9 Å². The van der Waals surface area contributed by atoms with E-state index in [4.69, 9.17) is 20.6 Å². The second-order valence-electron chi connectivity index (χ2n) is 7.83. The molecule has 0 unspecified atom stereocenters. The van der Waals surface area contributed by atoms with Crippen LogP contribution in [0.5, 0.6) is 11.5 Å². The Kier molecular flexibility index (Phi) is 7.71. The lowest BCUT2D eigenvalue weighted by atomic mass is 9.95. The number of rotatable bonds is 8. The van der Waals surface area contributed by atoms with E-state index in [1.54, 1.807) is 36.6 Å². The minimum atomic E-state index is -0.732. The molecule has 0 fully saturated rings. The fraction of sp³-hybridized carbons (Fsp3) is 0.250. The normalized spacial score (nSPS) is 15.1. The van der Waals surface area contributed by atoms with Crippen molar-refractivity contribution in [1.29, 1.82) is 0 Å². The molecule has 0 radical (unpaired) electrons. The van der Waals surface area contributed by atoms with Crippen molar-refractivity contribution in [2.45, 2.75) is 26.8 Å². The number of allylic oxidation sites excluding steroid dienone is 1. The molecule has 1 aliphatic heterocycles. The van der Waals surface area contributed by atoms with Gasteiger partial charge in [0.1, 0.15) is 24.1 Å². The number of para-hydroxylation sites is 1. The molecule has 3 aromatic rings. The number of nitrogens with zero attached hydrogens (tertiary/aromatic N) is 2. The van der Waals surface area contributed by atoms with E-state index < -0.39 is 12.0 Å². The fourth-order valence-electron chi connectivity index (χ4n) is 4.02. The lowest BCUT2D eigenvalue weighted by Crippen LogP contribution is -2.40. The van der Waals surface area contributed by atoms with E-state index in [0.717, 1.165) is 5.56 Å². The maximum atomic E-state index is 13.7. The van der Waals surface area contributed by atoms with E-state index in [-0.39, 0.29) is 18.8 Å². The van der Waals surface area contributed by atoms with Gasteiger partial charge in [0.05, 0.1) is 29.0 Å². The molecule has 0 saturated carbocycles. The Hall–Kier alpha value is -4.09. The van der Waals surface area contributed by atoms with Gasteiger partial charge in [-0.15, -0.1) is 6.42 Å². The Labute approximate surface area is 213 Å². The number of aromatic nitrogens is 1. The monoisotopic (exact) mass is 502 g/mol. The highest BCUT2D eigenvalue weighted by molar-refractivity contribution is 7.07. The molecule has 1 aliphatic rings. The minimum Gasteiger partial charge on any atom is -0.494 e. The first-order valence-corrected chi connectivity index (χ1v) is 12.4. The van der Waals surface area contributed by atoms with E-state index in [1.807, 2.05) is 43.3 Å². The van der Waals surface area contributed by atoms with Crippen LogP contribution < -0.4 is 24.4 Å². The molecule has 36 heavy (non-hydrogen) atoms. The standard InChI is InChI=1S/C28H26N2O5S/c1-5-16-35-20-14-12-19(13-15-20)17-23-26(31)30-25(21-10-8-9-11-22(21)33-6-2)24(27(32)34-7-3)18(4)29-28(30)36-23/h1,8-15,17,25H,6-7,16H2,2-4H3/t25-/m0/s1. The molecule has 184 valence electrons. The van der Waals surface area contributed by atoms with Crippen molar-refractivity contribution in [2.75, 3.05) is 19.8 Å². The zero-order valence-corrected chi connectivity index (χ0v) is 21.1. The van der Waals surface area contributed by atoms with Crippen LogP contribution in [0.25, 0.3) is 6.08 Å². The topological polar surface area (TPSA) is 79.1 Å². The fourth-order valence-corrected chi connectivity index (χ4v) is 5.06. The lowest BCUT2D eigenvalue weighted by molar-refractivity contribution is -0.139. The van der Waals surface area contributed by atoms with E-state index in [9.17, 15) is 9.59 Å². The van der Waals surface area contributed by atoms with Gasteiger partial charge in [-0.2, -0.15) is 0 Å². The molecule has 1 atom stereocenters. The van der Waals surface area contributed by atoms with Gasteiger partial charge in [-0.1, -0.05) is 47.6 Å². The second-order valence-corrected chi connectivity index (χ2v) is 8.84. The van der Waals surface area contributed by atoms with Crippen molar-refractivity contribution >= 4 is 23.4 Å². The summed E-state index contributed by atoms with van der Waals surface area (Å²) in [6, 6.07) is 14.0. The zero-order chi connectivity index (χ0) is 25.7. The van der Waals surface area contributed by atoms with Crippen LogP contribution in [0.2, 0.25) is 0 Å². The first kappa shape index (κ1) is 25.0. The number of terminal acetylenes is 1. The van der Waals surface area contributed by atoms with Gasteiger partial charge in [0, 0.05) is 5.56 Å². The minimum absolute atomic E-state index is 0.184. The van der Waals surface area contributed by atoms with Crippen molar-refractivity contribution in [2.24, 2.45) is 4.99 Å². The Balaban J connectivity index is 1.88. The summed E-state index contributed by atoms with van der Waals surface area (Å²) in [5.41, 5.74) is 2.09. The van der Waals surface area contributed by atoms with Crippen LogP contribution in [0.3, 0.4) is 0 Å². The molecule has 0 spiro atoms. The molecule has 2 heterocycles. The van der Waals surface area contributed by atoms with Crippen LogP contribution in [-0.2, 0) is 9.53 Å². The van der Waals surface area contributed by atoms with Gasteiger partial charge in [-0.25, -0.2) is 9.79 Å². The number of benzene rings is 2. The number of hydrogen-bond donors (Lipinski definition) is 0. The molecule has 2 aromatic carbocycles. The number of thiazole rings is 1. The molecule has 0 bridgehead atoms. The summed E-state index contributed by atoms with van der Waals surface area (Å²) in [5.74, 6) is 3.16. The average Bonchev–Trinajstić information content (AvgIpc) is 3.17. The molecule has 0 N–H and O–H groups in total. The quantitative estimate of drug-likeness (QED) is 0.349. The van der Waals surface area contributed by atoms with Crippen molar-refractivity contribution in [3.05, 3.63) is 90.6 Å². The molecule has 7 nitrogen and oxygen atoms in total. The largest absolute Gasteiger partial charge is 0.494 e. The third-order valence-electron chi connectivity index (χ3n) is 5.53. The maximum Gasteiger partial charge on any atom is 0.338 e. The molecule has 0 aliphatic carbocycles. The summed E-state index contributed by atoms with van der Waals surface area (Å²) >= 11 is 1.27. The summed E-state index contributed by atoms with van der Waals surface area (Å²) in [4.78, 5) is 31.9. The number of carbonyl (C=O) groups excluding carboxylic acids is 1. The van der Waals surface area contributed by atoms with Crippen molar-refractivity contribution in [3.8, 4) is 23.8 Å². The van der Waals surface area contributed by atoms with Gasteiger partial charge in [-0.3, -0.25) is 9.36 Å². The molecule has 4 rings (SSSR count). The van der Waals surface area contributed by atoms with Crippen molar-refractivity contribution < 1.29 is 19.0 Å². The van der Waals surface area contributed by atoms with Crippen LogP contribution >= 0.6 is 11.3 Å². The van der Waals surface area contributed by atoms with Gasteiger partial charge in [0.2, 0.25) is 0 Å². The van der Waals surface area contributed by atoms with Crippen LogP contribution in [-0.4, -0.2) is 30.4 Å². The molecule has 8 heteroatoms. The predicted molar refractivity (Wildman–Crippen MR) is 139 cm³/mol. The highest BCUT2D eigenvalue weighted by Gasteiger charge is 2.35. The van der Waals surface area contributed by atoms with Crippen LogP contribution in [0, 0.1) is 12.3 Å². The summed E-state index contributed by atoms with van der Waals surface area (Å²) in [7, 11) is 0. The summed E-state index contributed by atoms with van der Waals surface area (Å²) in [6.07, 6.45) is 7.04. The highest BCUT2D eigenvalue weighted by Crippen LogP contribution is 2.35. The Morgan fingerprint density at radius 2 is 1.89 bits per heavy atom. The third kappa shape index (κ3) is 4.97. The predicted octanol–water partition coefficient (Wildman–Crippen LogP) is 3.21. The van der Waals surface area contributed by atoms with Crippen LogP contribution in [0.15, 0.2) is 69.6 Å². The van der Waals surface area contributed by atoms with Gasteiger partial charge < -0.3 is 14.2 Å². The van der Waals surface area contributed by atoms with Gasteiger partial charge in [-0.05, 0) is 50.6 Å². The van der Waals surface area contributed by atoms with Crippen molar-refractivity contribution in [3.63, 3.8) is 0 Å². The number of ether oxygens (including phenoxy) is 3. The van der Waals surface area contributed by atoms with Gasteiger partial charge in [0.15, 0.2) is 4.80 Å². The van der Waals surface area contributed by atoms with E-state index in [1.165, 1.54) is 11.3 Å². The number of hydrogen-bond acceptors (Lipinski definition) is 7. The summed E-state index contributed by atoms with van der Waals surface area (Å²) < 4.78 is 18.7. The average molecular weight is 503 g/mol. The van der Waals surface area contributed by atoms with Gasteiger partial charge >= 0.3 is 5.97 Å². The SMILES string of the molecule is C#CCOc1ccc(C=c2sc3n(c2=O)[C@@H](c2ccccc2OCC)C(C(=O)OCC)=C(C)N=3)cc1. The van der Waals surface area contributed by atoms with E-state index in [0.29, 0.717) is 44.3 Å². The first-order chi connectivity index (χ1) is 17.5. The second kappa shape index (κ2) is 11.1. The molecule has 1 aromatic heterocycles.